The van der Waals surface area contributed by atoms with Crippen LogP contribution < -0.4 is 0 Å². The normalized spacial score (nSPS) is 58.1. The van der Waals surface area contributed by atoms with E-state index in [0.717, 1.165) is 38.5 Å². The molecule has 360 valence electrons. The molecule has 1 spiro atoms. The smallest absolute Gasteiger partial charge is 0.187 e. The van der Waals surface area contributed by atoms with E-state index in [4.69, 9.17) is 37.9 Å². The Bertz CT molecular complexity index is 1660. The molecular weight excluding hydrogens is 828 g/mol. The Morgan fingerprint density at radius 1 is 0.683 bits per heavy atom. The zero-order valence-electron chi connectivity index (χ0n) is 37.0. The first-order valence-electron chi connectivity index (χ1n) is 23.5. The molecule has 18 nitrogen and oxygen atoms in total. The maximum atomic E-state index is 12.8. The Hall–Kier alpha value is -0.980. The second-order valence-electron chi connectivity index (χ2n) is 21.1. The lowest BCUT2D eigenvalue weighted by atomic mass is 9.46. The van der Waals surface area contributed by atoms with Crippen molar-refractivity contribution in [2.75, 3.05) is 19.8 Å². The van der Waals surface area contributed by atoms with E-state index in [2.05, 4.69) is 26.8 Å². The fourth-order valence-electron chi connectivity index (χ4n) is 14.0. The average Bonchev–Trinajstić information content (AvgIpc) is 3.62. The number of allylic oxidation sites excluding steroid dienone is 1. The van der Waals surface area contributed by atoms with Crippen LogP contribution in [0.1, 0.15) is 92.4 Å². The predicted molar refractivity (Wildman–Crippen MR) is 216 cm³/mol. The van der Waals surface area contributed by atoms with Crippen molar-refractivity contribution >= 4 is 0 Å². The van der Waals surface area contributed by atoms with Crippen LogP contribution in [0.2, 0.25) is 0 Å². The van der Waals surface area contributed by atoms with E-state index in [9.17, 15) is 51.1 Å². The number of rotatable bonds is 8. The van der Waals surface area contributed by atoms with Crippen molar-refractivity contribution in [3.63, 3.8) is 0 Å². The molecule has 26 atom stereocenters. The average molecular weight is 901 g/mol. The van der Waals surface area contributed by atoms with Crippen LogP contribution in [0.15, 0.2) is 11.6 Å². The summed E-state index contributed by atoms with van der Waals surface area (Å²) in [4.78, 5) is 0. The fraction of sp³-hybridized carbons (Fsp3) is 0.956. The van der Waals surface area contributed by atoms with E-state index in [-0.39, 0.29) is 41.3 Å². The van der Waals surface area contributed by atoms with Gasteiger partial charge in [0.2, 0.25) is 0 Å². The number of hydrogen-bond donors (Lipinski definition) is 10. The number of aliphatic hydroxyl groups excluding tert-OH is 9. The van der Waals surface area contributed by atoms with E-state index >= 15 is 0 Å². The number of fused-ring (bicyclic) bond motifs is 7. The van der Waals surface area contributed by atoms with Crippen LogP contribution in [0.4, 0.5) is 0 Å². The summed E-state index contributed by atoms with van der Waals surface area (Å²) in [5.74, 6) is -0.00547. The standard InChI is InChI=1S/C45H72O18/c1-19-30(48)32(50)34(52)39(57-19)61-37-28(17-47)60-41(38(36(37)54)62-40-35(53)33(51)31(49)20(2)58-40)59-24-9-11-42(4)23(14-24)6-7-25-26(42)10-12-43(5)27(25)15-29-45(43,55)21(3)44(63-29)13-8-22(16-46)18-56-44/h6,19-22,24-41,46-55H,7-18H2,1-5H3. The molecule has 18 heteroatoms. The van der Waals surface area contributed by atoms with Gasteiger partial charge in [-0.3, -0.25) is 0 Å². The first kappa shape index (κ1) is 47.1. The van der Waals surface area contributed by atoms with Gasteiger partial charge in [-0.05, 0) is 88.4 Å². The Balaban J connectivity index is 0.920. The molecule has 0 aromatic rings. The highest BCUT2D eigenvalue weighted by Crippen LogP contribution is 2.72. The third-order valence-corrected chi connectivity index (χ3v) is 18.0. The van der Waals surface area contributed by atoms with Gasteiger partial charge in [-0.15, -0.1) is 0 Å². The van der Waals surface area contributed by atoms with Crippen LogP contribution in [0.5, 0.6) is 0 Å². The summed E-state index contributed by atoms with van der Waals surface area (Å²) in [6.45, 7) is 9.51. The van der Waals surface area contributed by atoms with Crippen molar-refractivity contribution in [1.29, 1.82) is 0 Å². The number of ether oxygens (including phenoxy) is 8. The molecule has 8 fully saturated rings. The summed E-state index contributed by atoms with van der Waals surface area (Å²) in [6.07, 6.45) is -13.4. The lowest BCUT2D eigenvalue weighted by Crippen LogP contribution is -2.66. The molecule has 0 aromatic heterocycles. The van der Waals surface area contributed by atoms with E-state index in [1.54, 1.807) is 0 Å². The molecule has 0 bridgehead atoms. The highest BCUT2D eigenvalue weighted by Gasteiger charge is 2.76. The van der Waals surface area contributed by atoms with E-state index in [0.29, 0.717) is 37.7 Å². The molecule has 0 amide bonds. The van der Waals surface area contributed by atoms with Gasteiger partial charge in [0, 0.05) is 30.3 Å². The quantitative estimate of drug-likeness (QED) is 0.135. The summed E-state index contributed by atoms with van der Waals surface area (Å²) < 4.78 is 49.7. The van der Waals surface area contributed by atoms with Gasteiger partial charge in [-0.25, -0.2) is 0 Å². The minimum Gasteiger partial charge on any atom is -0.396 e. The van der Waals surface area contributed by atoms with Crippen LogP contribution in [0.25, 0.3) is 0 Å². The second kappa shape index (κ2) is 17.2. The van der Waals surface area contributed by atoms with E-state index in [1.807, 2.05) is 0 Å². The fourth-order valence-corrected chi connectivity index (χ4v) is 14.0. The van der Waals surface area contributed by atoms with Crippen LogP contribution >= 0.6 is 0 Å². The van der Waals surface area contributed by atoms with Crippen LogP contribution in [-0.2, 0) is 37.9 Å². The Kier molecular flexibility index (Phi) is 12.9. The van der Waals surface area contributed by atoms with E-state index < -0.39 is 116 Å². The summed E-state index contributed by atoms with van der Waals surface area (Å²) in [7, 11) is 0. The highest BCUT2D eigenvalue weighted by atomic mass is 16.8. The largest absolute Gasteiger partial charge is 0.396 e. The summed E-state index contributed by atoms with van der Waals surface area (Å²) in [6, 6.07) is 0. The minimum absolute atomic E-state index is 0.0795. The Labute approximate surface area is 368 Å². The van der Waals surface area contributed by atoms with Crippen molar-refractivity contribution in [3.8, 4) is 0 Å². The zero-order chi connectivity index (χ0) is 45.1. The third-order valence-electron chi connectivity index (χ3n) is 18.0. The monoisotopic (exact) mass is 900 g/mol. The van der Waals surface area contributed by atoms with Crippen LogP contribution in [-0.4, -0.2) is 187 Å². The van der Waals surface area contributed by atoms with Crippen molar-refractivity contribution in [2.24, 2.45) is 40.4 Å². The van der Waals surface area contributed by atoms with E-state index in [1.165, 1.54) is 19.4 Å². The van der Waals surface area contributed by atoms with Crippen LogP contribution in [0.3, 0.4) is 0 Å². The molecule has 5 aliphatic heterocycles. The highest BCUT2D eigenvalue weighted by molar-refractivity contribution is 5.29. The molecule has 3 saturated carbocycles. The molecule has 9 aliphatic rings. The van der Waals surface area contributed by atoms with Crippen molar-refractivity contribution < 1.29 is 89.0 Å². The predicted octanol–water partition coefficient (Wildman–Crippen LogP) is -0.671. The van der Waals surface area contributed by atoms with Crippen LogP contribution in [0, 0.1) is 40.4 Å². The Morgan fingerprint density at radius 3 is 1.94 bits per heavy atom. The maximum Gasteiger partial charge on any atom is 0.187 e. The van der Waals surface area contributed by atoms with Gasteiger partial charge >= 0.3 is 0 Å². The molecule has 26 unspecified atom stereocenters. The maximum absolute atomic E-state index is 12.8. The number of hydrogen-bond acceptors (Lipinski definition) is 18. The van der Waals surface area contributed by atoms with Crippen molar-refractivity contribution in [1.82, 2.24) is 0 Å². The Morgan fingerprint density at radius 2 is 1.33 bits per heavy atom. The van der Waals surface area contributed by atoms with Crippen molar-refractivity contribution in [3.05, 3.63) is 11.6 Å². The SMILES string of the molecule is CC1OC(OC2C(CO)OC(OC3CCC4(C)C(=CCC5C4CCC4(C)C5CC5OC6(CCC(CO)CO6)C(C)C54O)C3)C(OC3OC(C)C(O)C(O)C3O)C2O)C(O)C(O)C1O. The van der Waals surface area contributed by atoms with Gasteiger partial charge < -0.3 is 89.0 Å². The summed E-state index contributed by atoms with van der Waals surface area (Å²) >= 11 is 0. The molecular formula is C45H72O18. The molecule has 10 N–H and O–H groups in total. The summed E-state index contributed by atoms with van der Waals surface area (Å²) in [5, 5.41) is 108. The van der Waals surface area contributed by atoms with Gasteiger partial charge in [0.05, 0.1) is 37.6 Å². The molecule has 63 heavy (non-hydrogen) atoms. The van der Waals surface area contributed by atoms with Crippen molar-refractivity contribution in [2.45, 2.75) is 208 Å². The zero-order valence-corrected chi connectivity index (χ0v) is 37.0. The lowest BCUT2D eigenvalue weighted by Gasteiger charge is -2.60. The molecule has 0 radical (unpaired) electrons. The van der Waals surface area contributed by atoms with Gasteiger partial charge in [0.1, 0.15) is 66.6 Å². The molecule has 5 heterocycles. The molecule has 5 saturated heterocycles. The topological polar surface area (TPSA) is 276 Å². The lowest BCUT2D eigenvalue weighted by molar-refractivity contribution is -0.388. The number of aliphatic hydroxyl groups is 10. The first-order valence-corrected chi connectivity index (χ1v) is 23.5. The molecule has 4 aliphatic carbocycles. The van der Waals surface area contributed by atoms with Gasteiger partial charge in [0.15, 0.2) is 24.7 Å². The molecule has 9 rings (SSSR count). The third kappa shape index (κ3) is 7.35. The second-order valence-corrected chi connectivity index (χ2v) is 21.1. The summed E-state index contributed by atoms with van der Waals surface area (Å²) in [5.41, 5.74) is -0.267. The molecule has 0 aromatic carbocycles. The van der Waals surface area contributed by atoms with Gasteiger partial charge in [-0.1, -0.05) is 32.4 Å². The minimum atomic E-state index is -1.73. The first-order chi connectivity index (χ1) is 29.8. The van der Waals surface area contributed by atoms with Gasteiger partial charge in [-0.2, -0.15) is 0 Å². The van der Waals surface area contributed by atoms with Gasteiger partial charge in [0.25, 0.3) is 0 Å².